The van der Waals surface area contributed by atoms with Gasteiger partial charge in [0, 0.05) is 6.04 Å². The van der Waals surface area contributed by atoms with Gasteiger partial charge < -0.3 is 14.6 Å². The number of amides is 1. The van der Waals surface area contributed by atoms with E-state index in [-0.39, 0.29) is 34.4 Å². The van der Waals surface area contributed by atoms with E-state index in [2.05, 4.69) is 9.72 Å². The molecular formula is C11H14Cl2N2O3. The van der Waals surface area contributed by atoms with Crippen molar-refractivity contribution < 1.29 is 14.3 Å². The Bertz CT molecular complexity index is 438. The van der Waals surface area contributed by atoms with Gasteiger partial charge in [-0.1, -0.05) is 23.2 Å². The highest BCUT2D eigenvalue weighted by molar-refractivity contribution is 6.41. The maximum atomic E-state index is 12.2. The molecule has 0 saturated heterocycles. The van der Waals surface area contributed by atoms with Gasteiger partial charge in [0.05, 0.1) is 12.1 Å². The summed E-state index contributed by atoms with van der Waals surface area (Å²) in [5.74, 6) is -0.843. The molecule has 0 radical (unpaired) electrons. The molecule has 0 bridgehead atoms. The number of carbonyl (C=O) groups excluding carboxylic acids is 2. The van der Waals surface area contributed by atoms with E-state index in [9.17, 15) is 9.59 Å². The van der Waals surface area contributed by atoms with E-state index in [1.165, 1.54) is 18.1 Å². The quantitative estimate of drug-likeness (QED) is 0.867. The molecule has 100 valence electrons. The largest absolute Gasteiger partial charge is 0.468 e. The van der Waals surface area contributed by atoms with Crippen LogP contribution in [0.15, 0.2) is 6.07 Å². The van der Waals surface area contributed by atoms with Gasteiger partial charge in [-0.25, -0.2) is 0 Å². The van der Waals surface area contributed by atoms with Crippen molar-refractivity contribution in [3.05, 3.63) is 21.9 Å². The highest BCUT2D eigenvalue weighted by Crippen LogP contribution is 2.23. The Morgan fingerprint density at radius 3 is 2.44 bits per heavy atom. The first-order chi connectivity index (χ1) is 8.36. The number of aromatic amines is 1. The second-order valence-electron chi connectivity index (χ2n) is 3.95. The van der Waals surface area contributed by atoms with Gasteiger partial charge in [0.2, 0.25) is 0 Å². The molecule has 0 aromatic carbocycles. The number of aromatic nitrogens is 1. The number of nitrogens with zero attached hydrogens (tertiary/aromatic N) is 1. The lowest BCUT2D eigenvalue weighted by Crippen LogP contribution is -2.41. The van der Waals surface area contributed by atoms with Crippen LogP contribution < -0.4 is 0 Å². The van der Waals surface area contributed by atoms with Gasteiger partial charge in [-0.15, -0.1) is 0 Å². The maximum absolute atomic E-state index is 12.2. The van der Waals surface area contributed by atoms with Gasteiger partial charge >= 0.3 is 5.97 Å². The smallest absolute Gasteiger partial charge is 0.325 e. The van der Waals surface area contributed by atoms with Crippen LogP contribution in [0.25, 0.3) is 0 Å². The number of hydrogen-bond donors (Lipinski definition) is 1. The predicted octanol–water partition coefficient (Wildman–Crippen LogP) is 2.35. The van der Waals surface area contributed by atoms with E-state index in [0.29, 0.717) is 0 Å². The predicted molar refractivity (Wildman–Crippen MR) is 69.0 cm³/mol. The number of H-pyrrole nitrogens is 1. The molecule has 0 aliphatic carbocycles. The first-order valence-corrected chi connectivity index (χ1v) is 6.04. The summed E-state index contributed by atoms with van der Waals surface area (Å²) in [5, 5.41) is 0.462. The molecule has 1 amide bonds. The number of hydrogen-bond acceptors (Lipinski definition) is 3. The van der Waals surface area contributed by atoms with Gasteiger partial charge in [-0.2, -0.15) is 0 Å². The molecule has 0 saturated carbocycles. The van der Waals surface area contributed by atoms with Crippen molar-refractivity contribution in [3.63, 3.8) is 0 Å². The Morgan fingerprint density at radius 1 is 1.44 bits per heavy atom. The molecule has 0 aliphatic heterocycles. The van der Waals surface area contributed by atoms with E-state index in [4.69, 9.17) is 23.2 Å². The van der Waals surface area contributed by atoms with E-state index < -0.39 is 5.97 Å². The summed E-state index contributed by atoms with van der Waals surface area (Å²) in [6.07, 6.45) is 0. The molecule has 1 aromatic rings. The number of halogens is 2. The van der Waals surface area contributed by atoms with E-state index >= 15 is 0 Å². The molecule has 7 heteroatoms. The van der Waals surface area contributed by atoms with Crippen LogP contribution in [0.4, 0.5) is 0 Å². The fraction of sp³-hybridized carbons (Fsp3) is 0.455. The number of methoxy groups -OCH3 is 1. The fourth-order valence-electron chi connectivity index (χ4n) is 1.37. The molecular weight excluding hydrogens is 279 g/mol. The van der Waals surface area contributed by atoms with Crippen LogP contribution in [-0.2, 0) is 9.53 Å². The zero-order valence-electron chi connectivity index (χ0n) is 10.3. The molecule has 1 aromatic heterocycles. The Kier molecular flexibility index (Phi) is 5.04. The third kappa shape index (κ3) is 3.40. The number of rotatable bonds is 4. The molecule has 0 atom stereocenters. The second kappa shape index (κ2) is 6.11. The summed E-state index contributed by atoms with van der Waals surface area (Å²) < 4.78 is 4.55. The summed E-state index contributed by atoms with van der Waals surface area (Å²) in [7, 11) is 1.27. The standard InChI is InChI=1S/C11H14Cl2N2O3/c1-6(2)15(5-9(16)18-3)11(17)8-4-7(12)10(13)14-8/h4,6,14H,5H2,1-3H3. The average Bonchev–Trinajstić information content (AvgIpc) is 2.65. The minimum absolute atomic E-state index is 0.124. The van der Waals surface area contributed by atoms with Gasteiger partial charge in [0.1, 0.15) is 17.4 Å². The zero-order valence-corrected chi connectivity index (χ0v) is 11.8. The average molecular weight is 293 g/mol. The second-order valence-corrected chi connectivity index (χ2v) is 4.73. The summed E-state index contributed by atoms with van der Waals surface area (Å²) in [5.41, 5.74) is 0.239. The maximum Gasteiger partial charge on any atom is 0.325 e. The van der Waals surface area contributed by atoms with E-state index in [0.717, 1.165) is 0 Å². The van der Waals surface area contributed by atoms with Crippen molar-refractivity contribution in [3.8, 4) is 0 Å². The van der Waals surface area contributed by atoms with Crippen molar-refractivity contribution in [2.45, 2.75) is 19.9 Å². The summed E-state index contributed by atoms with van der Waals surface area (Å²) in [4.78, 5) is 27.5. The summed E-state index contributed by atoms with van der Waals surface area (Å²) in [6, 6.07) is 1.27. The van der Waals surface area contributed by atoms with Gasteiger partial charge in [0.15, 0.2) is 0 Å². The molecule has 1 rings (SSSR count). The lowest BCUT2D eigenvalue weighted by Gasteiger charge is -2.24. The highest BCUT2D eigenvalue weighted by Gasteiger charge is 2.23. The summed E-state index contributed by atoms with van der Waals surface area (Å²) in [6.45, 7) is 3.47. The Hall–Kier alpha value is -1.20. The van der Waals surface area contributed by atoms with Crippen molar-refractivity contribution >= 4 is 35.1 Å². The van der Waals surface area contributed by atoms with Gasteiger partial charge in [-0.05, 0) is 19.9 Å². The number of nitrogens with one attached hydrogen (secondary N) is 1. The van der Waals surface area contributed by atoms with Crippen LogP contribution in [0.1, 0.15) is 24.3 Å². The number of esters is 1. The monoisotopic (exact) mass is 292 g/mol. The summed E-state index contributed by atoms with van der Waals surface area (Å²) >= 11 is 11.5. The fourth-order valence-corrected chi connectivity index (χ4v) is 1.68. The molecule has 0 fully saturated rings. The van der Waals surface area contributed by atoms with E-state index in [1.54, 1.807) is 13.8 Å². The minimum Gasteiger partial charge on any atom is -0.468 e. The zero-order chi connectivity index (χ0) is 13.9. The Labute approximate surface area is 115 Å². The topological polar surface area (TPSA) is 62.4 Å². The molecule has 18 heavy (non-hydrogen) atoms. The van der Waals surface area contributed by atoms with Crippen LogP contribution in [0, 0.1) is 0 Å². The number of carbonyl (C=O) groups is 2. The molecule has 0 unspecified atom stereocenters. The van der Waals surface area contributed by atoms with Crippen molar-refractivity contribution in [2.24, 2.45) is 0 Å². The van der Waals surface area contributed by atoms with Crippen LogP contribution in [0.3, 0.4) is 0 Å². The van der Waals surface area contributed by atoms with Crippen LogP contribution in [-0.4, -0.2) is 41.5 Å². The lowest BCUT2D eigenvalue weighted by molar-refractivity contribution is -0.141. The third-order valence-electron chi connectivity index (χ3n) is 2.37. The van der Waals surface area contributed by atoms with Crippen LogP contribution in [0.5, 0.6) is 0 Å². The third-order valence-corrected chi connectivity index (χ3v) is 3.06. The normalized spacial score (nSPS) is 10.6. The minimum atomic E-state index is -0.485. The SMILES string of the molecule is COC(=O)CN(C(=O)c1cc(Cl)c(Cl)[nH]1)C(C)C. The van der Waals surface area contributed by atoms with Crippen molar-refractivity contribution in [1.82, 2.24) is 9.88 Å². The van der Waals surface area contributed by atoms with Gasteiger partial charge in [-0.3, -0.25) is 9.59 Å². The molecule has 0 spiro atoms. The van der Waals surface area contributed by atoms with Crippen LogP contribution >= 0.6 is 23.2 Å². The first kappa shape index (κ1) is 14.9. The lowest BCUT2D eigenvalue weighted by atomic mass is 10.2. The van der Waals surface area contributed by atoms with Gasteiger partial charge in [0.25, 0.3) is 5.91 Å². The molecule has 0 aliphatic rings. The molecule has 1 heterocycles. The molecule has 1 N–H and O–H groups in total. The molecule has 5 nitrogen and oxygen atoms in total. The van der Waals surface area contributed by atoms with Crippen molar-refractivity contribution in [1.29, 1.82) is 0 Å². The number of ether oxygens (including phenoxy) is 1. The Morgan fingerprint density at radius 2 is 2.06 bits per heavy atom. The van der Waals surface area contributed by atoms with E-state index in [1.807, 2.05) is 0 Å². The Balaban J connectivity index is 2.92. The highest BCUT2D eigenvalue weighted by atomic mass is 35.5. The van der Waals surface area contributed by atoms with Crippen LogP contribution in [0.2, 0.25) is 10.2 Å². The van der Waals surface area contributed by atoms with Crippen molar-refractivity contribution in [2.75, 3.05) is 13.7 Å². The first-order valence-electron chi connectivity index (χ1n) is 5.28.